The number of hydrogen-bond acceptors (Lipinski definition) is 2. The number of nitrogens with two attached hydrogens (primary N) is 1. The Hall–Kier alpha value is -0.990. The largest absolute Gasteiger partial charge is 0.384 e. The average molecular weight is 247 g/mol. The van der Waals surface area contributed by atoms with E-state index in [1.54, 1.807) is 0 Å². The van der Waals surface area contributed by atoms with Crippen molar-refractivity contribution in [3.8, 4) is 0 Å². The van der Waals surface area contributed by atoms with Gasteiger partial charge in [-0.15, -0.1) is 0 Å². The zero-order valence-corrected chi connectivity index (χ0v) is 11.5. The molecule has 3 rings (SSSR count). The van der Waals surface area contributed by atoms with Crippen LogP contribution >= 0.6 is 0 Å². The van der Waals surface area contributed by atoms with Crippen molar-refractivity contribution >= 4 is 5.82 Å². The van der Waals surface area contributed by atoms with Crippen molar-refractivity contribution in [3.05, 3.63) is 11.5 Å². The number of anilines is 1. The molecule has 0 spiro atoms. The van der Waals surface area contributed by atoms with Gasteiger partial charge in [0.1, 0.15) is 11.6 Å². The molecule has 100 valence electrons. The minimum atomic E-state index is 0.701. The van der Waals surface area contributed by atoms with E-state index in [0.717, 1.165) is 24.7 Å². The van der Waals surface area contributed by atoms with Gasteiger partial charge in [0.05, 0.1) is 5.69 Å². The first-order valence-electron chi connectivity index (χ1n) is 7.64. The van der Waals surface area contributed by atoms with Crippen LogP contribution in [-0.4, -0.2) is 9.55 Å². The van der Waals surface area contributed by atoms with Crippen molar-refractivity contribution in [3.63, 3.8) is 0 Å². The second-order valence-electron chi connectivity index (χ2n) is 6.03. The number of imidazole rings is 1. The summed E-state index contributed by atoms with van der Waals surface area (Å²) in [5, 5.41) is 0. The van der Waals surface area contributed by atoms with Gasteiger partial charge in [-0.3, -0.25) is 0 Å². The number of hydrogen-bond donors (Lipinski definition) is 1. The summed E-state index contributed by atoms with van der Waals surface area (Å²) >= 11 is 0. The van der Waals surface area contributed by atoms with Gasteiger partial charge in [-0.1, -0.05) is 32.1 Å². The molecule has 2 aliphatic rings. The predicted octanol–water partition coefficient (Wildman–Crippen LogP) is 3.49. The molecule has 0 bridgehead atoms. The van der Waals surface area contributed by atoms with Gasteiger partial charge < -0.3 is 10.3 Å². The van der Waals surface area contributed by atoms with Crippen molar-refractivity contribution in [2.24, 2.45) is 5.92 Å². The minimum Gasteiger partial charge on any atom is -0.384 e. The van der Waals surface area contributed by atoms with E-state index in [-0.39, 0.29) is 0 Å². The highest BCUT2D eigenvalue weighted by Gasteiger charge is 2.30. The first kappa shape index (κ1) is 12.1. The summed E-state index contributed by atoms with van der Waals surface area (Å²) in [5.74, 6) is 3.74. The third-order valence-electron chi connectivity index (χ3n) is 4.58. The first-order chi connectivity index (χ1) is 8.79. The Morgan fingerprint density at radius 2 is 1.89 bits per heavy atom. The van der Waals surface area contributed by atoms with Gasteiger partial charge in [0.2, 0.25) is 0 Å². The van der Waals surface area contributed by atoms with Gasteiger partial charge in [-0.25, -0.2) is 4.98 Å². The molecule has 0 unspecified atom stereocenters. The summed E-state index contributed by atoms with van der Waals surface area (Å²) in [7, 11) is 0. The normalized spacial score (nSPS) is 21.4. The molecule has 0 aliphatic heterocycles. The van der Waals surface area contributed by atoms with Gasteiger partial charge in [-0.05, 0) is 32.1 Å². The fourth-order valence-electron chi connectivity index (χ4n) is 3.34. The van der Waals surface area contributed by atoms with Crippen molar-refractivity contribution in [2.45, 2.75) is 70.8 Å². The monoisotopic (exact) mass is 247 g/mol. The van der Waals surface area contributed by atoms with Crippen LogP contribution in [0.25, 0.3) is 0 Å². The third-order valence-corrected chi connectivity index (χ3v) is 4.58. The van der Waals surface area contributed by atoms with Crippen LogP contribution in [0.15, 0.2) is 0 Å². The van der Waals surface area contributed by atoms with E-state index < -0.39 is 0 Å². The van der Waals surface area contributed by atoms with Gasteiger partial charge in [0.15, 0.2) is 0 Å². The highest BCUT2D eigenvalue weighted by Crippen LogP contribution is 2.41. The Morgan fingerprint density at radius 3 is 2.50 bits per heavy atom. The lowest BCUT2D eigenvalue weighted by atomic mass is 9.86. The Labute approximate surface area is 110 Å². The topological polar surface area (TPSA) is 43.8 Å². The molecule has 3 nitrogen and oxygen atoms in total. The van der Waals surface area contributed by atoms with Crippen LogP contribution < -0.4 is 5.73 Å². The lowest BCUT2D eigenvalue weighted by Gasteiger charge is -2.20. The first-order valence-corrected chi connectivity index (χ1v) is 7.64. The zero-order valence-electron chi connectivity index (χ0n) is 11.5. The highest BCUT2D eigenvalue weighted by atomic mass is 15.1. The lowest BCUT2D eigenvalue weighted by Crippen LogP contribution is -2.11. The number of rotatable bonds is 4. The van der Waals surface area contributed by atoms with Crippen LogP contribution in [0.1, 0.15) is 69.3 Å². The van der Waals surface area contributed by atoms with Gasteiger partial charge in [0.25, 0.3) is 0 Å². The Bertz CT molecular complexity index is 412. The Balaban J connectivity index is 1.78. The van der Waals surface area contributed by atoms with Crippen LogP contribution in [0.5, 0.6) is 0 Å². The number of nitrogens with zero attached hydrogens (tertiary/aromatic N) is 2. The molecule has 1 heterocycles. The van der Waals surface area contributed by atoms with E-state index in [4.69, 9.17) is 10.7 Å². The number of nitrogen functional groups attached to an aromatic ring is 1. The molecule has 0 saturated heterocycles. The molecule has 2 N–H and O–H groups in total. The molecule has 3 heteroatoms. The SMILES string of the molecule is CCn1c(C2CC2)nc(CC2CCCCC2)c1N. The summed E-state index contributed by atoms with van der Waals surface area (Å²) in [5.41, 5.74) is 7.48. The highest BCUT2D eigenvalue weighted by molar-refractivity contribution is 5.40. The van der Waals surface area contributed by atoms with Crippen molar-refractivity contribution in [1.29, 1.82) is 0 Å². The predicted molar refractivity (Wildman–Crippen MR) is 74.6 cm³/mol. The maximum absolute atomic E-state index is 6.30. The quantitative estimate of drug-likeness (QED) is 0.885. The summed E-state index contributed by atoms with van der Waals surface area (Å²) in [6, 6.07) is 0. The molecule has 0 amide bonds. The van der Waals surface area contributed by atoms with Gasteiger partial charge >= 0.3 is 0 Å². The lowest BCUT2D eigenvalue weighted by molar-refractivity contribution is 0.355. The zero-order chi connectivity index (χ0) is 12.5. The molecule has 2 saturated carbocycles. The van der Waals surface area contributed by atoms with Crippen LogP contribution in [0.2, 0.25) is 0 Å². The number of aromatic nitrogens is 2. The second kappa shape index (κ2) is 4.94. The van der Waals surface area contributed by atoms with Crippen molar-refractivity contribution in [1.82, 2.24) is 9.55 Å². The molecule has 2 aliphatic carbocycles. The van der Waals surface area contributed by atoms with E-state index in [1.165, 1.54) is 56.5 Å². The van der Waals surface area contributed by atoms with Crippen molar-refractivity contribution < 1.29 is 0 Å². The molecule has 1 aromatic rings. The molecule has 0 atom stereocenters. The molecular formula is C15H25N3. The standard InChI is InChI=1S/C15H25N3/c1-2-18-14(16)13(17-15(18)12-8-9-12)10-11-6-4-3-5-7-11/h11-12H,2-10,16H2,1H3. The molecule has 2 fully saturated rings. The summed E-state index contributed by atoms with van der Waals surface area (Å²) in [6.07, 6.45) is 10.7. The fourth-order valence-corrected chi connectivity index (χ4v) is 3.34. The van der Waals surface area contributed by atoms with Crippen LogP contribution in [0.3, 0.4) is 0 Å². The Kier molecular flexibility index (Phi) is 3.31. The van der Waals surface area contributed by atoms with Crippen molar-refractivity contribution in [2.75, 3.05) is 5.73 Å². The maximum atomic E-state index is 6.30. The molecule has 0 aromatic carbocycles. The molecule has 18 heavy (non-hydrogen) atoms. The molecule has 0 radical (unpaired) electrons. The summed E-state index contributed by atoms with van der Waals surface area (Å²) in [6.45, 7) is 3.14. The minimum absolute atomic E-state index is 0.701. The van der Waals surface area contributed by atoms with Crippen LogP contribution in [-0.2, 0) is 13.0 Å². The summed E-state index contributed by atoms with van der Waals surface area (Å²) < 4.78 is 2.25. The third kappa shape index (κ3) is 2.27. The van der Waals surface area contributed by atoms with Gasteiger partial charge in [0, 0.05) is 12.5 Å². The smallest absolute Gasteiger partial charge is 0.126 e. The van der Waals surface area contributed by atoms with E-state index in [9.17, 15) is 0 Å². The van der Waals surface area contributed by atoms with E-state index in [0.29, 0.717) is 5.92 Å². The van der Waals surface area contributed by atoms with Crippen LogP contribution in [0, 0.1) is 5.92 Å². The summed E-state index contributed by atoms with van der Waals surface area (Å²) in [4.78, 5) is 4.87. The van der Waals surface area contributed by atoms with E-state index in [2.05, 4.69) is 11.5 Å². The second-order valence-corrected chi connectivity index (χ2v) is 6.03. The van der Waals surface area contributed by atoms with Crippen LogP contribution in [0.4, 0.5) is 5.82 Å². The van der Waals surface area contributed by atoms with E-state index in [1.807, 2.05) is 0 Å². The maximum Gasteiger partial charge on any atom is 0.126 e. The van der Waals surface area contributed by atoms with E-state index >= 15 is 0 Å². The molecule has 1 aromatic heterocycles. The van der Waals surface area contributed by atoms with Gasteiger partial charge in [-0.2, -0.15) is 0 Å². The molecular weight excluding hydrogens is 222 g/mol. The fraction of sp³-hybridized carbons (Fsp3) is 0.800. The Morgan fingerprint density at radius 1 is 1.17 bits per heavy atom. The average Bonchev–Trinajstić information content (AvgIpc) is 3.18.